The van der Waals surface area contributed by atoms with Gasteiger partial charge in [0, 0.05) is 19.4 Å². The van der Waals surface area contributed by atoms with Crippen LogP contribution in [0.1, 0.15) is 35.9 Å². The third kappa shape index (κ3) is 2.36. The Bertz CT molecular complexity index is 577. The van der Waals surface area contributed by atoms with Gasteiger partial charge in [0.1, 0.15) is 18.2 Å². The van der Waals surface area contributed by atoms with Crippen LogP contribution in [0.2, 0.25) is 0 Å². The molecule has 19 heavy (non-hydrogen) atoms. The number of aryl methyl sites for hydroxylation is 1. The highest BCUT2D eigenvalue weighted by molar-refractivity contribution is 5.42. The SMILES string of the molecule is Cn1ccnc1COc1cccc2c1CCCC2O. The number of ether oxygens (including phenoxy) is 1. The minimum atomic E-state index is -0.347. The lowest BCUT2D eigenvalue weighted by molar-refractivity contribution is 0.155. The molecule has 0 radical (unpaired) electrons. The maximum atomic E-state index is 10.0. The fourth-order valence-corrected chi connectivity index (χ4v) is 2.60. The van der Waals surface area contributed by atoms with Gasteiger partial charge < -0.3 is 14.4 Å². The van der Waals surface area contributed by atoms with Gasteiger partial charge in [0.15, 0.2) is 0 Å². The molecule has 1 heterocycles. The number of hydrogen-bond donors (Lipinski definition) is 1. The molecule has 1 aliphatic rings. The first kappa shape index (κ1) is 12.2. The van der Waals surface area contributed by atoms with Crippen molar-refractivity contribution in [1.82, 2.24) is 9.55 Å². The van der Waals surface area contributed by atoms with Crippen LogP contribution in [0.4, 0.5) is 0 Å². The summed E-state index contributed by atoms with van der Waals surface area (Å²) in [6.45, 7) is 0.454. The summed E-state index contributed by atoms with van der Waals surface area (Å²) in [5, 5.41) is 10.0. The fraction of sp³-hybridized carbons (Fsp3) is 0.400. The number of aromatic nitrogens is 2. The van der Waals surface area contributed by atoms with Crippen LogP contribution < -0.4 is 4.74 Å². The van der Waals surface area contributed by atoms with Gasteiger partial charge in [0.05, 0.1) is 6.10 Å². The van der Waals surface area contributed by atoms with Crippen LogP contribution in [-0.2, 0) is 20.1 Å². The van der Waals surface area contributed by atoms with Gasteiger partial charge in [-0.3, -0.25) is 0 Å². The van der Waals surface area contributed by atoms with Crippen molar-refractivity contribution in [3.63, 3.8) is 0 Å². The summed E-state index contributed by atoms with van der Waals surface area (Å²) in [5.41, 5.74) is 2.17. The van der Waals surface area contributed by atoms with Gasteiger partial charge in [-0.2, -0.15) is 0 Å². The minimum absolute atomic E-state index is 0.347. The number of aliphatic hydroxyl groups is 1. The van der Waals surface area contributed by atoms with Crippen LogP contribution in [0.3, 0.4) is 0 Å². The standard InChI is InChI=1S/C15H18N2O2/c1-17-9-8-16-15(17)10-19-14-7-3-4-11-12(14)5-2-6-13(11)18/h3-4,7-9,13,18H,2,5-6,10H2,1H3. The molecule has 0 aliphatic heterocycles. The summed E-state index contributed by atoms with van der Waals surface area (Å²) in [6, 6.07) is 5.91. The van der Waals surface area contributed by atoms with Gasteiger partial charge in [-0.05, 0) is 36.5 Å². The smallest absolute Gasteiger partial charge is 0.146 e. The quantitative estimate of drug-likeness (QED) is 0.919. The van der Waals surface area contributed by atoms with E-state index in [1.54, 1.807) is 6.20 Å². The van der Waals surface area contributed by atoms with Crippen LogP contribution in [0.15, 0.2) is 30.6 Å². The van der Waals surface area contributed by atoms with Crippen molar-refractivity contribution in [2.75, 3.05) is 0 Å². The van der Waals surface area contributed by atoms with E-state index in [2.05, 4.69) is 4.98 Å². The van der Waals surface area contributed by atoms with Gasteiger partial charge in [0.2, 0.25) is 0 Å². The Morgan fingerprint density at radius 3 is 3.16 bits per heavy atom. The first-order chi connectivity index (χ1) is 9.25. The molecule has 4 heteroatoms. The molecule has 0 saturated carbocycles. The van der Waals surface area contributed by atoms with Crippen molar-refractivity contribution in [3.05, 3.63) is 47.5 Å². The molecule has 0 saturated heterocycles. The zero-order valence-electron chi connectivity index (χ0n) is 11.0. The van der Waals surface area contributed by atoms with Crippen LogP contribution in [0, 0.1) is 0 Å². The largest absolute Gasteiger partial charge is 0.485 e. The van der Waals surface area contributed by atoms with Crippen molar-refractivity contribution >= 4 is 0 Å². The molecule has 100 valence electrons. The third-order valence-electron chi connectivity index (χ3n) is 3.71. The van der Waals surface area contributed by atoms with Crippen molar-refractivity contribution < 1.29 is 9.84 Å². The number of hydrogen-bond acceptors (Lipinski definition) is 3. The molecule has 0 spiro atoms. The van der Waals surface area contributed by atoms with E-state index in [4.69, 9.17) is 4.74 Å². The van der Waals surface area contributed by atoms with Crippen LogP contribution in [0.25, 0.3) is 0 Å². The molecule has 1 aromatic carbocycles. The minimum Gasteiger partial charge on any atom is -0.485 e. The first-order valence-corrected chi connectivity index (χ1v) is 6.64. The summed E-state index contributed by atoms with van der Waals surface area (Å²) >= 11 is 0. The number of rotatable bonds is 3. The van der Waals surface area contributed by atoms with Gasteiger partial charge in [-0.25, -0.2) is 4.98 Å². The molecule has 4 nitrogen and oxygen atoms in total. The van der Waals surface area contributed by atoms with Crippen molar-refractivity contribution in [1.29, 1.82) is 0 Å². The predicted octanol–water partition coefficient (Wildman–Crippen LogP) is 2.37. The molecule has 1 aliphatic carbocycles. The number of fused-ring (bicyclic) bond motifs is 1. The molecule has 2 aromatic rings. The normalized spacial score (nSPS) is 18.1. The molecule has 0 bridgehead atoms. The molecular weight excluding hydrogens is 240 g/mol. The lowest BCUT2D eigenvalue weighted by atomic mass is 9.89. The molecule has 1 unspecified atom stereocenters. The van der Waals surface area contributed by atoms with E-state index in [9.17, 15) is 5.11 Å². The Labute approximate surface area is 112 Å². The van der Waals surface area contributed by atoms with Crippen LogP contribution in [-0.4, -0.2) is 14.7 Å². The topological polar surface area (TPSA) is 47.3 Å². The molecule has 1 aromatic heterocycles. The van der Waals surface area contributed by atoms with Gasteiger partial charge in [0.25, 0.3) is 0 Å². The number of benzene rings is 1. The fourth-order valence-electron chi connectivity index (χ4n) is 2.60. The monoisotopic (exact) mass is 258 g/mol. The lowest BCUT2D eigenvalue weighted by Gasteiger charge is -2.23. The molecule has 1 atom stereocenters. The van der Waals surface area contributed by atoms with Gasteiger partial charge >= 0.3 is 0 Å². The predicted molar refractivity (Wildman–Crippen MR) is 71.9 cm³/mol. The number of aliphatic hydroxyl groups excluding tert-OH is 1. The Morgan fingerprint density at radius 1 is 1.47 bits per heavy atom. The van der Waals surface area contributed by atoms with Gasteiger partial charge in [-0.15, -0.1) is 0 Å². The Kier molecular flexibility index (Phi) is 3.25. The first-order valence-electron chi connectivity index (χ1n) is 6.64. The Balaban J connectivity index is 1.82. The Morgan fingerprint density at radius 2 is 2.37 bits per heavy atom. The second-order valence-corrected chi connectivity index (χ2v) is 4.98. The maximum absolute atomic E-state index is 10.0. The van der Waals surface area contributed by atoms with E-state index >= 15 is 0 Å². The zero-order valence-corrected chi connectivity index (χ0v) is 11.0. The Hall–Kier alpha value is -1.81. The van der Waals surface area contributed by atoms with E-state index in [1.807, 2.05) is 36.0 Å². The molecule has 1 N–H and O–H groups in total. The highest BCUT2D eigenvalue weighted by Gasteiger charge is 2.20. The third-order valence-corrected chi connectivity index (χ3v) is 3.71. The van der Waals surface area contributed by atoms with E-state index in [0.29, 0.717) is 6.61 Å². The summed E-state index contributed by atoms with van der Waals surface area (Å²) < 4.78 is 7.83. The van der Waals surface area contributed by atoms with Crippen LogP contribution in [0.5, 0.6) is 5.75 Å². The van der Waals surface area contributed by atoms with E-state index < -0.39 is 0 Å². The summed E-state index contributed by atoms with van der Waals surface area (Å²) in [6.07, 6.45) is 6.15. The van der Waals surface area contributed by atoms with Crippen LogP contribution >= 0.6 is 0 Å². The molecule has 0 amide bonds. The number of imidazole rings is 1. The second-order valence-electron chi connectivity index (χ2n) is 4.98. The summed E-state index contributed by atoms with van der Waals surface area (Å²) in [4.78, 5) is 4.25. The molecule has 3 rings (SSSR count). The van der Waals surface area contributed by atoms with Gasteiger partial charge in [-0.1, -0.05) is 12.1 Å². The van der Waals surface area contributed by atoms with E-state index in [1.165, 1.54) is 0 Å². The average molecular weight is 258 g/mol. The summed E-state index contributed by atoms with van der Waals surface area (Å²) in [7, 11) is 1.95. The van der Waals surface area contributed by atoms with Crippen molar-refractivity contribution in [2.24, 2.45) is 7.05 Å². The van der Waals surface area contributed by atoms with E-state index in [-0.39, 0.29) is 6.10 Å². The maximum Gasteiger partial charge on any atom is 0.146 e. The second kappa shape index (κ2) is 5.05. The van der Waals surface area contributed by atoms with Crippen molar-refractivity contribution in [3.8, 4) is 5.75 Å². The highest BCUT2D eigenvalue weighted by atomic mass is 16.5. The van der Waals surface area contributed by atoms with Crippen molar-refractivity contribution in [2.45, 2.75) is 32.0 Å². The average Bonchev–Trinajstić information content (AvgIpc) is 2.82. The number of nitrogens with zero attached hydrogens (tertiary/aromatic N) is 2. The zero-order chi connectivity index (χ0) is 13.2. The molecule has 0 fully saturated rings. The lowest BCUT2D eigenvalue weighted by Crippen LogP contribution is -2.11. The summed E-state index contributed by atoms with van der Waals surface area (Å²) in [5.74, 6) is 1.77. The molecular formula is C15H18N2O2. The highest BCUT2D eigenvalue weighted by Crippen LogP contribution is 2.35. The van der Waals surface area contributed by atoms with E-state index in [0.717, 1.165) is 42.0 Å².